The van der Waals surface area contributed by atoms with Gasteiger partial charge in [0.1, 0.15) is 11.5 Å². The average molecular weight is 302 g/mol. The molecule has 0 unspecified atom stereocenters. The summed E-state index contributed by atoms with van der Waals surface area (Å²) in [5.74, 6) is 5.61. The number of nitrogen functional groups attached to an aromatic ring is 1. The summed E-state index contributed by atoms with van der Waals surface area (Å²) >= 11 is 1.40. The number of fused-ring (bicyclic) bond motifs is 1. The number of aryl methyl sites for hydroxylation is 1. The van der Waals surface area contributed by atoms with Crippen LogP contribution < -0.4 is 16.0 Å². The van der Waals surface area contributed by atoms with E-state index in [2.05, 4.69) is 10.5 Å². The first-order valence-electron chi connectivity index (χ1n) is 6.32. The third kappa shape index (κ3) is 2.61. The Bertz CT molecular complexity index is 793. The van der Waals surface area contributed by atoms with E-state index in [1.54, 1.807) is 17.1 Å². The van der Waals surface area contributed by atoms with Crippen molar-refractivity contribution in [3.63, 3.8) is 0 Å². The molecule has 21 heavy (non-hydrogen) atoms. The molecule has 108 valence electrons. The molecule has 0 aliphatic rings. The first-order valence-corrected chi connectivity index (χ1v) is 7.13. The molecule has 3 N–H and O–H groups in total. The fraction of sp³-hybridized carbons (Fsp3) is 0.143. The predicted octanol–water partition coefficient (Wildman–Crippen LogP) is 1.82. The molecular weight excluding hydrogens is 288 g/mol. The molecule has 6 nitrogen and oxygen atoms in total. The Labute approximate surface area is 125 Å². The molecule has 0 fully saturated rings. The average Bonchev–Trinajstić information content (AvgIpc) is 3.07. The number of nitrogens with one attached hydrogen (secondary N) is 1. The van der Waals surface area contributed by atoms with Crippen LogP contribution in [0.4, 0.5) is 0 Å². The van der Waals surface area contributed by atoms with Crippen LogP contribution in [-0.2, 0) is 13.7 Å². The van der Waals surface area contributed by atoms with E-state index >= 15 is 0 Å². The summed E-state index contributed by atoms with van der Waals surface area (Å²) in [6.07, 6.45) is 3.41. The lowest BCUT2D eigenvalue weighted by Crippen LogP contribution is -2.30. The summed E-state index contributed by atoms with van der Waals surface area (Å²) in [5, 5.41) is 5.05. The minimum atomic E-state index is -0.305. The number of carbonyl (C=O) groups is 1. The van der Waals surface area contributed by atoms with Gasteiger partial charge < -0.3 is 4.74 Å². The van der Waals surface area contributed by atoms with E-state index in [0.29, 0.717) is 17.2 Å². The Morgan fingerprint density at radius 3 is 3.00 bits per heavy atom. The van der Waals surface area contributed by atoms with Gasteiger partial charge in [0.05, 0.1) is 12.4 Å². The van der Waals surface area contributed by atoms with E-state index in [9.17, 15) is 4.79 Å². The molecule has 0 atom stereocenters. The lowest BCUT2D eigenvalue weighted by Gasteiger charge is -2.05. The summed E-state index contributed by atoms with van der Waals surface area (Å²) < 4.78 is 8.41. The molecule has 0 bridgehead atoms. The highest BCUT2D eigenvalue weighted by atomic mass is 32.1. The van der Waals surface area contributed by atoms with Crippen molar-refractivity contribution in [3.8, 4) is 5.75 Å². The number of hydrogen-bond donors (Lipinski definition) is 2. The number of nitrogens with zero attached hydrogens (tertiary/aromatic N) is 2. The van der Waals surface area contributed by atoms with Crippen molar-refractivity contribution >= 4 is 27.3 Å². The molecule has 7 heteroatoms. The van der Waals surface area contributed by atoms with Crippen molar-refractivity contribution in [3.05, 3.63) is 47.1 Å². The van der Waals surface area contributed by atoms with E-state index in [1.807, 2.05) is 31.3 Å². The van der Waals surface area contributed by atoms with Crippen LogP contribution in [-0.4, -0.2) is 15.7 Å². The zero-order valence-electron chi connectivity index (χ0n) is 11.4. The van der Waals surface area contributed by atoms with Gasteiger partial charge in [-0.2, -0.15) is 5.10 Å². The quantitative estimate of drug-likeness (QED) is 0.437. The lowest BCUT2D eigenvalue weighted by molar-refractivity contribution is 0.0955. The number of nitrogens with two attached hydrogens (primary N) is 1. The first kappa shape index (κ1) is 13.6. The fourth-order valence-corrected chi connectivity index (χ4v) is 3.23. The Hall–Kier alpha value is -2.38. The number of hydrogen-bond acceptors (Lipinski definition) is 5. The molecule has 0 spiro atoms. The predicted molar refractivity (Wildman–Crippen MR) is 81.0 cm³/mol. The van der Waals surface area contributed by atoms with E-state index in [4.69, 9.17) is 10.6 Å². The third-order valence-electron chi connectivity index (χ3n) is 3.10. The van der Waals surface area contributed by atoms with Gasteiger partial charge in [0.15, 0.2) is 5.75 Å². The lowest BCUT2D eigenvalue weighted by atomic mass is 10.1. The van der Waals surface area contributed by atoms with Gasteiger partial charge in [-0.05, 0) is 11.5 Å². The minimum absolute atomic E-state index is 0.290. The van der Waals surface area contributed by atoms with Gasteiger partial charge in [-0.3, -0.25) is 14.9 Å². The second-order valence-electron chi connectivity index (χ2n) is 4.52. The van der Waals surface area contributed by atoms with Crippen molar-refractivity contribution in [2.45, 2.75) is 6.61 Å². The highest BCUT2D eigenvalue weighted by Gasteiger charge is 2.18. The maximum Gasteiger partial charge on any atom is 0.275 e. The van der Waals surface area contributed by atoms with Gasteiger partial charge in [-0.15, -0.1) is 11.3 Å². The van der Waals surface area contributed by atoms with Crippen LogP contribution in [0.3, 0.4) is 0 Å². The van der Waals surface area contributed by atoms with Gasteiger partial charge in [0.2, 0.25) is 0 Å². The van der Waals surface area contributed by atoms with Crippen molar-refractivity contribution in [2.75, 3.05) is 0 Å². The van der Waals surface area contributed by atoms with E-state index in [-0.39, 0.29) is 5.91 Å². The van der Waals surface area contributed by atoms with Gasteiger partial charge in [-0.1, -0.05) is 18.2 Å². The van der Waals surface area contributed by atoms with Gasteiger partial charge >= 0.3 is 0 Å². The molecule has 1 aromatic carbocycles. The Morgan fingerprint density at radius 2 is 2.29 bits per heavy atom. The number of carbonyl (C=O) groups excluding carboxylic acids is 1. The number of ether oxygens (including phenoxy) is 1. The zero-order valence-corrected chi connectivity index (χ0v) is 12.2. The van der Waals surface area contributed by atoms with Crippen LogP contribution in [0.15, 0.2) is 36.7 Å². The standard InChI is InChI=1S/C14H14N4O2S/c1-18-7-9(6-16-18)20-8-11-10-4-2-3-5-12(10)21-13(11)14(19)17-15/h2-7H,8,15H2,1H3,(H,17,19). The largest absolute Gasteiger partial charge is 0.486 e. The summed E-state index contributed by atoms with van der Waals surface area (Å²) in [6.45, 7) is 0.290. The van der Waals surface area contributed by atoms with Crippen LogP contribution in [0.5, 0.6) is 5.75 Å². The van der Waals surface area contributed by atoms with E-state index in [0.717, 1.165) is 15.6 Å². The maximum atomic E-state index is 11.9. The zero-order chi connectivity index (χ0) is 14.8. The van der Waals surface area contributed by atoms with Crippen molar-refractivity contribution in [1.82, 2.24) is 15.2 Å². The SMILES string of the molecule is Cn1cc(OCc2c(C(=O)NN)sc3ccccc23)cn1. The highest BCUT2D eigenvalue weighted by molar-refractivity contribution is 7.21. The Morgan fingerprint density at radius 1 is 1.48 bits per heavy atom. The number of aromatic nitrogens is 2. The molecule has 2 aromatic heterocycles. The molecule has 0 aliphatic heterocycles. The van der Waals surface area contributed by atoms with Gasteiger partial charge in [0.25, 0.3) is 5.91 Å². The molecule has 3 aromatic rings. The number of amides is 1. The van der Waals surface area contributed by atoms with Crippen LogP contribution in [0.2, 0.25) is 0 Å². The summed E-state index contributed by atoms with van der Waals surface area (Å²) in [4.78, 5) is 12.5. The molecule has 1 amide bonds. The summed E-state index contributed by atoms with van der Waals surface area (Å²) in [7, 11) is 1.82. The van der Waals surface area contributed by atoms with Gasteiger partial charge in [0, 0.05) is 17.3 Å². The summed E-state index contributed by atoms with van der Waals surface area (Å²) in [6, 6.07) is 7.82. The Balaban J connectivity index is 1.96. The fourth-order valence-electron chi connectivity index (χ4n) is 2.12. The molecule has 0 aliphatic carbocycles. The monoisotopic (exact) mass is 302 g/mol. The van der Waals surface area contributed by atoms with Crippen molar-refractivity contribution in [2.24, 2.45) is 12.9 Å². The molecule has 3 rings (SSSR count). The highest BCUT2D eigenvalue weighted by Crippen LogP contribution is 2.32. The molecule has 0 saturated carbocycles. The van der Waals surface area contributed by atoms with Crippen LogP contribution in [0.1, 0.15) is 15.2 Å². The normalized spacial score (nSPS) is 10.8. The Kier molecular flexibility index (Phi) is 3.59. The molecule has 0 radical (unpaired) electrons. The molecule has 2 heterocycles. The molecule has 0 saturated heterocycles. The summed E-state index contributed by atoms with van der Waals surface area (Å²) in [5.41, 5.74) is 3.02. The first-order chi connectivity index (χ1) is 10.2. The third-order valence-corrected chi connectivity index (χ3v) is 4.31. The number of thiophene rings is 1. The number of benzene rings is 1. The second kappa shape index (κ2) is 5.55. The van der Waals surface area contributed by atoms with Crippen LogP contribution in [0.25, 0.3) is 10.1 Å². The van der Waals surface area contributed by atoms with Gasteiger partial charge in [-0.25, -0.2) is 5.84 Å². The van der Waals surface area contributed by atoms with E-state index in [1.165, 1.54) is 11.3 Å². The minimum Gasteiger partial charge on any atom is -0.486 e. The number of hydrazine groups is 1. The maximum absolute atomic E-state index is 11.9. The van der Waals surface area contributed by atoms with E-state index < -0.39 is 0 Å². The van der Waals surface area contributed by atoms with Crippen molar-refractivity contribution < 1.29 is 9.53 Å². The molecular formula is C14H14N4O2S. The second-order valence-corrected chi connectivity index (χ2v) is 5.57. The topological polar surface area (TPSA) is 82.2 Å². The van der Waals surface area contributed by atoms with Crippen molar-refractivity contribution in [1.29, 1.82) is 0 Å². The van der Waals surface area contributed by atoms with Crippen LogP contribution >= 0.6 is 11.3 Å². The number of rotatable bonds is 4. The van der Waals surface area contributed by atoms with Crippen LogP contribution in [0, 0.1) is 0 Å². The smallest absolute Gasteiger partial charge is 0.275 e.